The van der Waals surface area contributed by atoms with E-state index in [1.165, 1.54) is 0 Å². The molecule has 6 N–H and O–H groups in total. The van der Waals surface area contributed by atoms with Crippen LogP contribution in [0.2, 0.25) is 0 Å². The van der Waals surface area contributed by atoms with E-state index in [1.54, 1.807) is 121 Å². The first-order chi connectivity index (χ1) is 22.6. The standard InChI is InChI=1S/2C6H7OP.4C6H6O.2ClH.Pd/c2*7-5-3-1-2-4-6(5)8;4*7-6-4-2-1-3-5-6;;;/h2*1-4,7H,8H2;4*1-5,7H;2*1H;/q;;;;;;;;+2/p-2. The number of rotatable bonds is 0. The topological polar surface area (TPSA) is 121 Å². The van der Waals surface area contributed by atoms with Gasteiger partial charge in [-0.15, -0.1) is 18.5 Å². The molecular weight excluding hydrogens is 768 g/mol. The summed E-state index contributed by atoms with van der Waals surface area (Å²) in [5.74, 6) is 1.95. The van der Waals surface area contributed by atoms with E-state index in [-0.39, 0.29) is 15.9 Å². The third-order valence-corrected chi connectivity index (χ3v) is 5.87. The van der Waals surface area contributed by atoms with Crippen molar-refractivity contribution in [1.82, 2.24) is 0 Å². The van der Waals surface area contributed by atoms with Crippen molar-refractivity contribution in [3.8, 4) is 34.5 Å². The third-order valence-electron chi connectivity index (χ3n) is 4.90. The van der Waals surface area contributed by atoms with Gasteiger partial charge in [0.1, 0.15) is 34.5 Å². The number of aromatic hydroxyl groups is 6. The Morgan fingerprint density at radius 3 is 0.596 bits per heavy atom. The van der Waals surface area contributed by atoms with Gasteiger partial charge in [0.05, 0.1) is 0 Å². The monoisotopic (exact) mass is 804 g/mol. The molecule has 0 saturated carbocycles. The van der Waals surface area contributed by atoms with Crippen molar-refractivity contribution in [3.63, 3.8) is 0 Å². The van der Waals surface area contributed by atoms with E-state index in [4.69, 9.17) is 49.7 Å². The summed E-state index contributed by atoms with van der Waals surface area (Å²) >= 11 is -0.106. The minimum absolute atomic E-state index is 0.106. The fraction of sp³-hybridized carbons (Fsp3) is 0. The van der Waals surface area contributed by atoms with Crippen LogP contribution in [0.1, 0.15) is 0 Å². The average Bonchev–Trinajstić information content (AvgIpc) is 3.07. The first-order valence-electron chi connectivity index (χ1n) is 13.5. The molecule has 0 fully saturated rings. The second kappa shape index (κ2) is 29.6. The summed E-state index contributed by atoms with van der Waals surface area (Å²) in [7, 11) is 14.5. The van der Waals surface area contributed by atoms with Crippen molar-refractivity contribution in [2.75, 3.05) is 0 Å². The molecule has 0 saturated heterocycles. The Bertz CT molecular complexity index is 1320. The van der Waals surface area contributed by atoms with E-state index in [9.17, 15) is 0 Å². The molecule has 0 bridgehead atoms. The molecule has 0 heterocycles. The zero-order valence-electron chi connectivity index (χ0n) is 25.1. The Morgan fingerprint density at radius 2 is 0.489 bits per heavy atom. The van der Waals surface area contributed by atoms with Gasteiger partial charge >= 0.3 is 35.0 Å². The van der Waals surface area contributed by atoms with E-state index in [0.717, 1.165) is 10.6 Å². The number of para-hydroxylation sites is 6. The molecule has 252 valence electrons. The van der Waals surface area contributed by atoms with E-state index in [0.29, 0.717) is 34.5 Å². The van der Waals surface area contributed by atoms with E-state index in [2.05, 4.69) is 18.5 Å². The van der Waals surface area contributed by atoms with Gasteiger partial charge in [0, 0.05) is 10.6 Å². The first kappa shape index (κ1) is 43.2. The van der Waals surface area contributed by atoms with Gasteiger partial charge < -0.3 is 30.6 Å². The van der Waals surface area contributed by atoms with Crippen LogP contribution in [0.25, 0.3) is 0 Å². The molecule has 47 heavy (non-hydrogen) atoms. The molecule has 0 radical (unpaired) electrons. The number of phenolic OH excluding ortho intramolecular Hbond substituents is 6. The number of hydrogen-bond acceptors (Lipinski definition) is 6. The number of hydrogen-bond donors (Lipinski definition) is 6. The summed E-state index contributed by atoms with van der Waals surface area (Å²) in [6.45, 7) is 0. The van der Waals surface area contributed by atoms with Gasteiger partial charge in [0.15, 0.2) is 0 Å². The molecule has 0 aliphatic carbocycles. The molecule has 11 heteroatoms. The van der Waals surface area contributed by atoms with Crippen LogP contribution in [0.15, 0.2) is 170 Å². The number of phenols is 6. The van der Waals surface area contributed by atoms with Crippen molar-refractivity contribution >= 4 is 48.1 Å². The second-order valence-electron chi connectivity index (χ2n) is 8.51. The van der Waals surface area contributed by atoms with Crippen LogP contribution in [0, 0.1) is 0 Å². The summed E-state index contributed by atoms with van der Waals surface area (Å²) in [6, 6.07) is 49.2. The summed E-state index contributed by atoms with van der Waals surface area (Å²) < 4.78 is 0. The van der Waals surface area contributed by atoms with E-state index < -0.39 is 0 Å². The quantitative estimate of drug-likeness (QED) is 0.0675. The molecule has 6 aromatic rings. The summed E-state index contributed by atoms with van der Waals surface area (Å²) in [4.78, 5) is 0. The Kier molecular flexibility index (Phi) is 27.2. The normalized spacial score (nSPS) is 8.68. The van der Waals surface area contributed by atoms with Crippen molar-refractivity contribution in [3.05, 3.63) is 170 Å². The predicted octanol–water partition coefficient (Wildman–Crippen LogP) is 8.73. The molecule has 6 rings (SSSR count). The van der Waals surface area contributed by atoms with Crippen LogP contribution in [0.4, 0.5) is 0 Å². The molecule has 2 atom stereocenters. The zero-order valence-corrected chi connectivity index (χ0v) is 30.5. The molecule has 6 nitrogen and oxygen atoms in total. The fourth-order valence-electron chi connectivity index (χ4n) is 2.69. The Hall–Kier alpha value is -3.78. The van der Waals surface area contributed by atoms with Gasteiger partial charge in [-0.25, -0.2) is 0 Å². The van der Waals surface area contributed by atoms with E-state index >= 15 is 0 Å². The van der Waals surface area contributed by atoms with Crippen LogP contribution < -0.4 is 10.6 Å². The summed E-state index contributed by atoms with van der Waals surface area (Å²) in [6.07, 6.45) is 0. The van der Waals surface area contributed by atoms with Gasteiger partial charge in [0.25, 0.3) is 0 Å². The predicted molar refractivity (Wildman–Crippen MR) is 199 cm³/mol. The zero-order chi connectivity index (χ0) is 35.1. The summed E-state index contributed by atoms with van der Waals surface area (Å²) in [5, 5.41) is 54.0. The van der Waals surface area contributed by atoms with Crippen LogP contribution >= 0.6 is 37.5 Å². The maximum atomic E-state index is 8.90. The SMILES string of the molecule is Oc1ccccc1.Oc1ccccc1.Oc1ccccc1.Oc1ccccc1.Oc1ccccc1P.Oc1ccccc1P.[Cl][Pd][Cl]. The van der Waals surface area contributed by atoms with Crippen LogP contribution in [-0.2, 0) is 15.9 Å². The fourth-order valence-corrected chi connectivity index (χ4v) is 3.10. The molecule has 0 spiro atoms. The van der Waals surface area contributed by atoms with E-state index in [1.807, 2.05) is 48.5 Å². The van der Waals surface area contributed by atoms with Gasteiger partial charge in [-0.2, -0.15) is 0 Å². The van der Waals surface area contributed by atoms with Crippen molar-refractivity contribution in [2.24, 2.45) is 0 Å². The third kappa shape index (κ3) is 27.1. The van der Waals surface area contributed by atoms with Gasteiger partial charge in [-0.3, -0.25) is 0 Å². The first-order valence-corrected chi connectivity index (χ1v) is 18.6. The van der Waals surface area contributed by atoms with Gasteiger partial charge in [0.2, 0.25) is 0 Å². The molecule has 0 amide bonds. The summed E-state index contributed by atoms with van der Waals surface area (Å²) in [5.41, 5.74) is 0. The molecular formula is C36H38Cl2O6P2Pd. The van der Waals surface area contributed by atoms with Gasteiger partial charge in [-0.05, 0) is 60.7 Å². The molecule has 0 aliphatic rings. The average molecular weight is 806 g/mol. The molecule has 2 unspecified atom stereocenters. The Morgan fingerprint density at radius 1 is 0.319 bits per heavy atom. The number of halogens is 2. The molecule has 0 aliphatic heterocycles. The van der Waals surface area contributed by atoms with Crippen molar-refractivity contribution < 1.29 is 46.6 Å². The molecule has 0 aromatic heterocycles. The number of benzene rings is 6. The maximum absolute atomic E-state index is 8.90. The van der Waals surface area contributed by atoms with Crippen LogP contribution in [0.5, 0.6) is 34.5 Å². The van der Waals surface area contributed by atoms with Crippen LogP contribution in [0.3, 0.4) is 0 Å². The molecule has 6 aromatic carbocycles. The van der Waals surface area contributed by atoms with Crippen molar-refractivity contribution in [2.45, 2.75) is 0 Å². The van der Waals surface area contributed by atoms with Crippen molar-refractivity contribution in [1.29, 1.82) is 0 Å². The minimum atomic E-state index is -0.106. The second-order valence-corrected chi connectivity index (χ2v) is 12.1. The van der Waals surface area contributed by atoms with Gasteiger partial charge in [-0.1, -0.05) is 109 Å². The Balaban J connectivity index is 0.000000532. The Labute approximate surface area is 297 Å². The van der Waals surface area contributed by atoms with Crippen LogP contribution in [-0.4, -0.2) is 30.6 Å².